The molecule has 25 heavy (non-hydrogen) atoms. The van der Waals surface area contributed by atoms with Gasteiger partial charge in [-0.3, -0.25) is 9.69 Å². The molecule has 2 heterocycles. The van der Waals surface area contributed by atoms with Gasteiger partial charge in [0.05, 0.1) is 6.04 Å². The topological polar surface area (TPSA) is 35.6 Å². The molecule has 1 aromatic carbocycles. The molecule has 1 saturated heterocycles. The zero-order valence-corrected chi connectivity index (χ0v) is 16.1. The number of amides is 1. The van der Waals surface area contributed by atoms with Crippen LogP contribution in [-0.4, -0.2) is 55.5 Å². The molecule has 4 nitrogen and oxygen atoms in total. The van der Waals surface area contributed by atoms with E-state index in [1.807, 2.05) is 25.1 Å². The van der Waals surface area contributed by atoms with Crippen molar-refractivity contribution in [3.8, 4) is 0 Å². The summed E-state index contributed by atoms with van der Waals surface area (Å²) in [6.45, 7) is 8.98. The van der Waals surface area contributed by atoms with Crippen LogP contribution in [-0.2, 0) is 0 Å². The van der Waals surface area contributed by atoms with Crippen LogP contribution in [0.4, 0.5) is 0 Å². The molecular weight excluding hydrogens is 330 g/mol. The Hall–Kier alpha value is -1.69. The van der Waals surface area contributed by atoms with Gasteiger partial charge in [-0.05, 0) is 66.5 Å². The van der Waals surface area contributed by atoms with E-state index >= 15 is 0 Å². The van der Waals surface area contributed by atoms with Crippen molar-refractivity contribution in [2.75, 3.05) is 39.8 Å². The van der Waals surface area contributed by atoms with Crippen LogP contribution in [0.25, 0.3) is 0 Å². The molecule has 1 fully saturated rings. The maximum Gasteiger partial charge on any atom is 0.251 e. The Morgan fingerprint density at radius 1 is 1.16 bits per heavy atom. The number of carbonyl (C=O) groups is 1. The first-order chi connectivity index (χ1) is 12.0. The fraction of sp³-hybridized carbons (Fsp3) is 0.450. The Balaban J connectivity index is 1.68. The van der Waals surface area contributed by atoms with Gasteiger partial charge in [0.25, 0.3) is 5.91 Å². The number of rotatable bonds is 5. The third kappa shape index (κ3) is 4.48. The number of hydrogen-bond donors (Lipinski definition) is 1. The maximum absolute atomic E-state index is 12.6. The molecule has 0 saturated carbocycles. The number of likely N-dealkylation sites (N-methyl/N-ethyl adjacent to an activating group) is 1. The van der Waals surface area contributed by atoms with Crippen molar-refractivity contribution >= 4 is 17.2 Å². The van der Waals surface area contributed by atoms with Crippen molar-refractivity contribution < 1.29 is 4.79 Å². The molecule has 5 heteroatoms. The first-order valence-corrected chi connectivity index (χ1v) is 9.79. The lowest BCUT2D eigenvalue weighted by atomic mass is 10.1. The third-order valence-corrected chi connectivity index (χ3v) is 5.83. The van der Waals surface area contributed by atoms with Crippen molar-refractivity contribution in [1.82, 2.24) is 15.1 Å². The van der Waals surface area contributed by atoms with Crippen molar-refractivity contribution in [3.63, 3.8) is 0 Å². The zero-order valence-electron chi connectivity index (χ0n) is 15.3. The SMILES string of the molecule is Cc1ccc(C(=O)NCC(c2ccsc2)N2CCN(C)CC2)cc1C. The Kier molecular flexibility index (Phi) is 5.89. The summed E-state index contributed by atoms with van der Waals surface area (Å²) in [5.41, 5.74) is 4.41. The number of hydrogen-bond acceptors (Lipinski definition) is 4. The highest BCUT2D eigenvalue weighted by atomic mass is 32.1. The van der Waals surface area contributed by atoms with Crippen LogP contribution in [0.15, 0.2) is 35.0 Å². The minimum atomic E-state index is 0.0115. The second-order valence-corrected chi connectivity index (χ2v) is 7.70. The number of carbonyl (C=O) groups excluding carboxylic acids is 1. The summed E-state index contributed by atoms with van der Waals surface area (Å²) in [5.74, 6) is 0.0115. The van der Waals surface area contributed by atoms with E-state index in [2.05, 4.69) is 45.9 Å². The number of thiophene rings is 1. The highest BCUT2D eigenvalue weighted by Gasteiger charge is 2.24. The van der Waals surface area contributed by atoms with E-state index in [-0.39, 0.29) is 11.9 Å². The van der Waals surface area contributed by atoms with E-state index in [1.165, 1.54) is 11.1 Å². The summed E-state index contributed by atoms with van der Waals surface area (Å²) in [5, 5.41) is 7.47. The van der Waals surface area contributed by atoms with E-state index in [0.29, 0.717) is 6.54 Å². The van der Waals surface area contributed by atoms with E-state index in [0.717, 1.165) is 37.3 Å². The van der Waals surface area contributed by atoms with Gasteiger partial charge < -0.3 is 10.2 Å². The van der Waals surface area contributed by atoms with Gasteiger partial charge in [0.1, 0.15) is 0 Å². The average Bonchev–Trinajstić information content (AvgIpc) is 3.13. The minimum absolute atomic E-state index is 0.0115. The van der Waals surface area contributed by atoms with Gasteiger partial charge in [-0.2, -0.15) is 11.3 Å². The number of piperazine rings is 1. The molecule has 0 radical (unpaired) electrons. The quantitative estimate of drug-likeness (QED) is 0.893. The fourth-order valence-corrected chi connectivity index (χ4v) is 3.94. The molecule has 1 N–H and O–H groups in total. The summed E-state index contributed by atoms with van der Waals surface area (Å²) in [6, 6.07) is 8.32. The third-order valence-electron chi connectivity index (χ3n) is 5.13. The second kappa shape index (κ2) is 8.13. The van der Waals surface area contributed by atoms with Crippen LogP contribution in [0, 0.1) is 13.8 Å². The van der Waals surface area contributed by atoms with Gasteiger partial charge in [-0.15, -0.1) is 0 Å². The Morgan fingerprint density at radius 3 is 2.56 bits per heavy atom. The first kappa shape index (κ1) is 18.1. The average molecular weight is 358 g/mol. The smallest absolute Gasteiger partial charge is 0.251 e. The van der Waals surface area contributed by atoms with Crippen molar-refractivity contribution in [2.24, 2.45) is 0 Å². The van der Waals surface area contributed by atoms with Gasteiger partial charge >= 0.3 is 0 Å². The van der Waals surface area contributed by atoms with E-state index in [4.69, 9.17) is 0 Å². The first-order valence-electron chi connectivity index (χ1n) is 8.85. The van der Waals surface area contributed by atoms with Crippen LogP contribution in [0.2, 0.25) is 0 Å². The summed E-state index contributed by atoms with van der Waals surface area (Å²) < 4.78 is 0. The zero-order chi connectivity index (χ0) is 17.8. The predicted molar refractivity (Wildman–Crippen MR) is 104 cm³/mol. The van der Waals surface area contributed by atoms with Gasteiger partial charge in [0.2, 0.25) is 0 Å². The molecule has 134 valence electrons. The summed E-state index contributed by atoms with van der Waals surface area (Å²) in [7, 11) is 2.17. The fourth-order valence-electron chi connectivity index (χ4n) is 3.23. The van der Waals surface area contributed by atoms with Gasteiger partial charge in [0.15, 0.2) is 0 Å². The molecule has 0 bridgehead atoms. The highest BCUT2D eigenvalue weighted by Crippen LogP contribution is 2.24. The Bertz CT molecular complexity index is 706. The maximum atomic E-state index is 12.6. The van der Waals surface area contributed by atoms with Crippen LogP contribution in [0.1, 0.15) is 33.1 Å². The summed E-state index contributed by atoms with van der Waals surface area (Å²) >= 11 is 1.72. The molecule has 0 aliphatic carbocycles. The number of benzene rings is 1. The standard InChI is InChI=1S/C20H27N3OS/c1-15-4-5-17(12-16(15)2)20(24)21-13-19(18-6-11-25-14-18)23-9-7-22(3)8-10-23/h4-6,11-12,14,19H,7-10,13H2,1-3H3,(H,21,24). The van der Waals surface area contributed by atoms with Crippen molar-refractivity contribution in [2.45, 2.75) is 19.9 Å². The molecule has 1 aromatic heterocycles. The highest BCUT2D eigenvalue weighted by molar-refractivity contribution is 7.07. The van der Waals surface area contributed by atoms with Crippen molar-refractivity contribution in [1.29, 1.82) is 0 Å². The molecule has 3 rings (SSSR count). The van der Waals surface area contributed by atoms with Crippen molar-refractivity contribution in [3.05, 3.63) is 57.3 Å². The molecule has 0 spiro atoms. The van der Waals surface area contributed by atoms with Crippen LogP contribution in [0.5, 0.6) is 0 Å². The molecular formula is C20H27N3OS. The Labute approximate surface area is 154 Å². The van der Waals surface area contributed by atoms with Crippen LogP contribution < -0.4 is 5.32 Å². The monoisotopic (exact) mass is 357 g/mol. The van der Waals surface area contributed by atoms with E-state index in [9.17, 15) is 4.79 Å². The molecule has 1 aliphatic rings. The largest absolute Gasteiger partial charge is 0.350 e. The Morgan fingerprint density at radius 2 is 1.92 bits per heavy atom. The molecule has 1 unspecified atom stereocenters. The molecule has 1 aliphatic heterocycles. The number of nitrogens with one attached hydrogen (secondary N) is 1. The molecule has 1 amide bonds. The van der Waals surface area contributed by atoms with Crippen LogP contribution in [0.3, 0.4) is 0 Å². The van der Waals surface area contributed by atoms with Gasteiger partial charge in [0, 0.05) is 38.3 Å². The van der Waals surface area contributed by atoms with Gasteiger partial charge in [-0.25, -0.2) is 0 Å². The summed E-state index contributed by atoms with van der Waals surface area (Å²) in [4.78, 5) is 17.4. The van der Waals surface area contributed by atoms with Crippen LogP contribution >= 0.6 is 11.3 Å². The number of aryl methyl sites for hydroxylation is 2. The molecule has 1 atom stereocenters. The summed E-state index contributed by atoms with van der Waals surface area (Å²) in [6.07, 6.45) is 0. The van der Waals surface area contributed by atoms with E-state index < -0.39 is 0 Å². The van der Waals surface area contributed by atoms with E-state index in [1.54, 1.807) is 11.3 Å². The lowest BCUT2D eigenvalue weighted by Crippen LogP contribution is -2.48. The number of nitrogens with zero attached hydrogens (tertiary/aromatic N) is 2. The molecule has 2 aromatic rings. The lowest BCUT2D eigenvalue weighted by molar-refractivity contribution is 0.0886. The lowest BCUT2D eigenvalue weighted by Gasteiger charge is -2.38. The predicted octanol–water partition coefficient (Wildman–Crippen LogP) is 3.08. The normalized spacial score (nSPS) is 17.4. The van der Waals surface area contributed by atoms with Gasteiger partial charge in [-0.1, -0.05) is 6.07 Å². The second-order valence-electron chi connectivity index (χ2n) is 6.92. The minimum Gasteiger partial charge on any atom is -0.350 e.